The number of benzene rings is 2. The van der Waals surface area contributed by atoms with E-state index in [1.54, 1.807) is 20.4 Å². The lowest BCUT2D eigenvalue weighted by Gasteiger charge is -2.23. The van der Waals surface area contributed by atoms with Crippen molar-refractivity contribution in [1.82, 2.24) is 14.9 Å². The average molecular weight is 440 g/mol. The van der Waals surface area contributed by atoms with E-state index in [1.807, 2.05) is 71.8 Å². The number of carbonyl (C=O) groups excluding carboxylic acids is 1. The number of amides is 1. The summed E-state index contributed by atoms with van der Waals surface area (Å²) in [5, 5.41) is 0.851. The van der Waals surface area contributed by atoms with Gasteiger partial charge in [0.1, 0.15) is 0 Å². The molecule has 1 fully saturated rings. The number of methoxy groups -OCH3 is 2. The number of ether oxygens (including phenoxy) is 2. The number of rotatable bonds is 7. The first-order valence-electron chi connectivity index (χ1n) is 11.0. The zero-order valence-electron chi connectivity index (χ0n) is 18.7. The molecule has 2 heterocycles. The van der Waals surface area contributed by atoms with Crippen molar-refractivity contribution in [3.8, 4) is 22.8 Å². The molecule has 166 valence electrons. The van der Waals surface area contributed by atoms with Crippen molar-refractivity contribution in [2.24, 2.45) is 0 Å². The molecular weight excluding hydrogens is 414 g/mol. The van der Waals surface area contributed by atoms with E-state index in [4.69, 9.17) is 14.5 Å². The lowest BCUT2D eigenvalue weighted by molar-refractivity contribution is 0.0731. The van der Waals surface area contributed by atoms with E-state index in [2.05, 4.69) is 4.98 Å². The summed E-state index contributed by atoms with van der Waals surface area (Å²) >= 11 is 0. The predicted octanol–water partition coefficient (Wildman–Crippen LogP) is 5.12. The SMILES string of the molecule is COc1ccc(-c2cc(C(=O)N(Cc3cccnc3)C3CC3)c3ccccc3n2)cc1OC. The van der Waals surface area contributed by atoms with Crippen LogP contribution in [-0.4, -0.2) is 41.0 Å². The Morgan fingerprint density at radius 1 is 1.00 bits per heavy atom. The molecule has 0 N–H and O–H groups in total. The number of carbonyl (C=O) groups is 1. The third-order valence-corrected chi connectivity index (χ3v) is 5.95. The van der Waals surface area contributed by atoms with Crippen LogP contribution in [0.4, 0.5) is 0 Å². The molecule has 0 unspecified atom stereocenters. The summed E-state index contributed by atoms with van der Waals surface area (Å²) in [6.45, 7) is 0.541. The van der Waals surface area contributed by atoms with Gasteiger partial charge in [-0.1, -0.05) is 24.3 Å². The first-order valence-corrected chi connectivity index (χ1v) is 11.0. The van der Waals surface area contributed by atoms with Gasteiger partial charge in [0.05, 0.1) is 31.0 Å². The second-order valence-corrected chi connectivity index (χ2v) is 8.17. The summed E-state index contributed by atoms with van der Waals surface area (Å²) in [6.07, 6.45) is 5.62. The first-order chi connectivity index (χ1) is 16.2. The summed E-state index contributed by atoms with van der Waals surface area (Å²) in [6, 6.07) is 19.5. The molecule has 1 saturated carbocycles. The Hall–Kier alpha value is -3.93. The summed E-state index contributed by atoms with van der Waals surface area (Å²) < 4.78 is 10.8. The fraction of sp³-hybridized carbons (Fsp3) is 0.222. The van der Waals surface area contributed by atoms with E-state index < -0.39 is 0 Å². The van der Waals surface area contributed by atoms with Gasteiger partial charge >= 0.3 is 0 Å². The zero-order valence-corrected chi connectivity index (χ0v) is 18.7. The van der Waals surface area contributed by atoms with Crippen molar-refractivity contribution in [3.05, 3.63) is 84.2 Å². The fourth-order valence-electron chi connectivity index (χ4n) is 4.09. The average Bonchev–Trinajstić information content (AvgIpc) is 3.72. The first kappa shape index (κ1) is 20.9. The van der Waals surface area contributed by atoms with Gasteiger partial charge in [0, 0.05) is 35.9 Å². The van der Waals surface area contributed by atoms with Gasteiger partial charge < -0.3 is 14.4 Å². The van der Waals surface area contributed by atoms with Crippen LogP contribution in [0.25, 0.3) is 22.2 Å². The summed E-state index contributed by atoms with van der Waals surface area (Å²) in [5.41, 5.74) is 4.04. The third-order valence-electron chi connectivity index (χ3n) is 5.95. The maximum atomic E-state index is 13.9. The van der Waals surface area contributed by atoms with Crippen molar-refractivity contribution in [2.45, 2.75) is 25.4 Å². The van der Waals surface area contributed by atoms with Crippen LogP contribution in [0.5, 0.6) is 11.5 Å². The van der Waals surface area contributed by atoms with Crippen LogP contribution >= 0.6 is 0 Å². The zero-order chi connectivity index (χ0) is 22.8. The molecule has 1 aliphatic carbocycles. The Morgan fingerprint density at radius 2 is 1.82 bits per heavy atom. The van der Waals surface area contributed by atoms with Crippen molar-refractivity contribution in [2.75, 3.05) is 14.2 Å². The van der Waals surface area contributed by atoms with E-state index in [-0.39, 0.29) is 11.9 Å². The topological polar surface area (TPSA) is 64.5 Å². The van der Waals surface area contributed by atoms with Crippen molar-refractivity contribution < 1.29 is 14.3 Å². The molecule has 33 heavy (non-hydrogen) atoms. The normalized spacial score (nSPS) is 13.0. The molecule has 1 amide bonds. The molecule has 4 aromatic rings. The minimum absolute atomic E-state index is 0.0154. The lowest BCUT2D eigenvalue weighted by atomic mass is 10.0. The van der Waals surface area contributed by atoms with E-state index >= 15 is 0 Å². The van der Waals surface area contributed by atoms with Crippen LogP contribution in [0, 0.1) is 0 Å². The van der Waals surface area contributed by atoms with E-state index in [1.165, 1.54) is 0 Å². The maximum absolute atomic E-state index is 13.9. The molecule has 2 aromatic carbocycles. The third kappa shape index (κ3) is 4.24. The van der Waals surface area contributed by atoms with Crippen LogP contribution in [-0.2, 0) is 6.54 Å². The second kappa shape index (κ2) is 8.90. The highest BCUT2D eigenvalue weighted by Gasteiger charge is 2.34. The Bertz CT molecular complexity index is 1300. The predicted molar refractivity (Wildman–Crippen MR) is 127 cm³/mol. The molecule has 6 heteroatoms. The number of aromatic nitrogens is 2. The molecule has 0 aliphatic heterocycles. The van der Waals surface area contributed by atoms with Gasteiger partial charge in [-0.05, 0) is 54.8 Å². The monoisotopic (exact) mass is 439 g/mol. The minimum Gasteiger partial charge on any atom is -0.493 e. The molecule has 0 atom stereocenters. The summed E-state index contributed by atoms with van der Waals surface area (Å²) in [4.78, 5) is 24.9. The molecule has 0 spiro atoms. The quantitative estimate of drug-likeness (QED) is 0.400. The summed E-state index contributed by atoms with van der Waals surface area (Å²) in [5.74, 6) is 1.28. The molecule has 5 rings (SSSR count). The van der Waals surface area contributed by atoms with E-state index in [0.29, 0.717) is 23.6 Å². The fourth-order valence-corrected chi connectivity index (χ4v) is 4.09. The molecule has 0 bridgehead atoms. The highest BCUT2D eigenvalue weighted by molar-refractivity contribution is 6.07. The van der Waals surface area contributed by atoms with Gasteiger partial charge in [-0.15, -0.1) is 0 Å². The van der Waals surface area contributed by atoms with Gasteiger partial charge in [0.15, 0.2) is 11.5 Å². The standard InChI is InChI=1S/C27H25N3O3/c1-32-25-12-9-19(14-26(25)33-2)24-15-22(21-7-3-4-8-23(21)29-24)27(31)30(20-10-11-20)17-18-6-5-13-28-16-18/h3-9,12-16,20H,10-11,17H2,1-2H3. The number of nitrogens with zero attached hydrogens (tertiary/aromatic N) is 3. The van der Waals surface area contributed by atoms with Crippen LogP contribution < -0.4 is 9.47 Å². The van der Waals surface area contributed by atoms with Gasteiger partial charge in [-0.25, -0.2) is 4.98 Å². The molecular formula is C27H25N3O3. The van der Waals surface area contributed by atoms with Crippen LogP contribution in [0.3, 0.4) is 0 Å². The largest absolute Gasteiger partial charge is 0.493 e. The van der Waals surface area contributed by atoms with Gasteiger partial charge in [0.25, 0.3) is 5.91 Å². The van der Waals surface area contributed by atoms with Crippen molar-refractivity contribution in [3.63, 3.8) is 0 Å². The van der Waals surface area contributed by atoms with Crippen LogP contribution in [0.15, 0.2) is 73.1 Å². The van der Waals surface area contributed by atoms with Crippen molar-refractivity contribution in [1.29, 1.82) is 0 Å². The van der Waals surface area contributed by atoms with Crippen molar-refractivity contribution >= 4 is 16.8 Å². The van der Waals surface area contributed by atoms with Gasteiger partial charge in [-0.2, -0.15) is 0 Å². The minimum atomic E-state index is 0.0154. The Kier molecular flexibility index (Phi) is 5.65. The number of pyridine rings is 2. The highest BCUT2D eigenvalue weighted by Crippen LogP contribution is 2.35. The Labute approximate surface area is 192 Å². The van der Waals surface area contributed by atoms with E-state index in [0.717, 1.165) is 40.6 Å². The number of fused-ring (bicyclic) bond motifs is 1. The highest BCUT2D eigenvalue weighted by atomic mass is 16.5. The number of para-hydroxylation sites is 1. The maximum Gasteiger partial charge on any atom is 0.255 e. The van der Waals surface area contributed by atoms with E-state index in [9.17, 15) is 4.79 Å². The smallest absolute Gasteiger partial charge is 0.255 e. The van der Waals surface area contributed by atoms with Gasteiger partial charge in [-0.3, -0.25) is 9.78 Å². The number of hydrogen-bond donors (Lipinski definition) is 0. The molecule has 6 nitrogen and oxygen atoms in total. The summed E-state index contributed by atoms with van der Waals surface area (Å²) in [7, 11) is 3.22. The number of hydrogen-bond acceptors (Lipinski definition) is 5. The Morgan fingerprint density at radius 3 is 2.55 bits per heavy atom. The second-order valence-electron chi connectivity index (χ2n) is 8.17. The Balaban J connectivity index is 1.59. The van der Waals surface area contributed by atoms with Gasteiger partial charge in [0.2, 0.25) is 0 Å². The molecule has 2 aromatic heterocycles. The molecule has 0 saturated heterocycles. The van der Waals surface area contributed by atoms with Crippen LogP contribution in [0.2, 0.25) is 0 Å². The molecule has 1 aliphatic rings. The lowest BCUT2D eigenvalue weighted by Crippen LogP contribution is -2.32. The van der Waals surface area contributed by atoms with Crippen LogP contribution in [0.1, 0.15) is 28.8 Å². The molecule has 0 radical (unpaired) electrons.